The van der Waals surface area contributed by atoms with Gasteiger partial charge in [0.25, 0.3) is 0 Å². The number of benzene rings is 2. The molecule has 1 aliphatic carbocycles. The van der Waals surface area contributed by atoms with Crippen molar-refractivity contribution in [2.45, 2.75) is 25.2 Å². The summed E-state index contributed by atoms with van der Waals surface area (Å²) >= 11 is 0. The maximum absolute atomic E-state index is 5.90. The summed E-state index contributed by atoms with van der Waals surface area (Å²) in [5.41, 5.74) is 4.26. The summed E-state index contributed by atoms with van der Waals surface area (Å²) in [6.07, 6.45) is 8.47. The lowest BCUT2D eigenvalue weighted by atomic mass is 10.0. The van der Waals surface area contributed by atoms with Gasteiger partial charge in [-0.3, -0.25) is 4.90 Å². The minimum atomic E-state index is 0.620. The van der Waals surface area contributed by atoms with Crippen LogP contribution in [-0.2, 0) is 6.42 Å². The van der Waals surface area contributed by atoms with Crippen LogP contribution in [0.5, 0.6) is 11.5 Å². The van der Waals surface area contributed by atoms with Crippen molar-refractivity contribution in [2.24, 2.45) is 0 Å². The number of nitrogens with zero attached hydrogens (tertiary/aromatic N) is 2. The molecule has 0 spiro atoms. The van der Waals surface area contributed by atoms with Gasteiger partial charge in [-0.15, -0.1) is 0 Å². The van der Waals surface area contributed by atoms with Crippen LogP contribution in [0.2, 0.25) is 0 Å². The first kappa shape index (κ1) is 18.6. The van der Waals surface area contributed by atoms with Crippen molar-refractivity contribution < 1.29 is 9.47 Å². The number of ether oxygens (including phenoxy) is 2. The van der Waals surface area contributed by atoms with E-state index in [-0.39, 0.29) is 0 Å². The van der Waals surface area contributed by atoms with Gasteiger partial charge < -0.3 is 14.4 Å². The van der Waals surface area contributed by atoms with Crippen molar-refractivity contribution in [1.29, 1.82) is 0 Å². The van der Waals surface area contributed by atoms with Crippen molar-refractivity contribution in [3.8, 4) is 11.5 Å². The average molecular weight is 391 g/mol. The fraction of sp³-hybridized carbons (Fsp3) is 0.440. The first-order chi connectivity index (χ1) is 14.4. The van der Waals surface area contributed by atoms with E-state index >= 15 is 0 Å². The van der Waals surface area contributed by atoms with Gasteiger partial charge in [0.15, 0.2) is 11.5 Å². The second-order valence-electron chi connectivity index (χ2n) is 8.19. The first-order valence-electron chi connectivity index (χ1n) is 11.0. The SMILES string of the molecule is C(=C\C1CCc2ccccc21)/CCN1CCN(c2cccc3c2OCCO3)CC1. The number of hydrogen-bond acceptors (Lipinski definition) is 4. The Bertz CT molecular complexity index is 871. The van der Waals surface area contributed by atoms with Crippen LogP contribution in [0.4, 0.5) is 5.69 Å². The van der Waals surface area contributed by atoms with Gasteiger partial charge in [-0.05, 0) is 42.5 Å². The molecule has 29 heavy (non-hydrogen) atoms. The fourth-order valence-electron chi connectivity index (χ4n) is 4.83. The minimum absolute atomic E-state index is 0.620. The zero-order chi connectivity index (χ0) is 19.5. The van der Waals surface area contributed by atoms with Crippen molar-refractivity contribution in [1.82, 2.24) is 4.90 Å². The maximum Gasteiger partial charge on any atom is 0.184 e. The second-order valence-corrected chi connectivity index (χ2v) is 8.19. The molecular weight excluding hydrogens is 360 g/mol. The van der Waals surface area contributed by atoms with Crippen LogP contribution in [0.1, 0.15) is 29.9 Å². The Hall–Kier alpha value is -2.46. The average Bonchev–Trinajstić information content (AvgIpc) is 3.20. The van der Waals surface area contributed by atoms with Crippen molar-refractivity contribution in [3.63, 3.8) is 0 Å². The Morgan fingerprint density at radius 2 is 1.79 bits per heavy atom. The summed E-state index contributed by atoms with van der Waals surface area (Å²) in [5.74, 6) is 2.43. The maximum atomic E-state index is 5.90. The molecule has 2 aliphatic heterocycles. The predicted octanol–water partition coefficient (Wildman–Crippen LogP) is 4.26. The van der Waals surface area contributed by atoms with E-state index in [2.05, 4.69) is 58.4 Å². The Kier molecular flexibility index (Phi) is 5.44. The van der Waals surface area contributed by atoms with Crippen LogP contribution in [0.15, 0.2) is 54.6 Å². The predicted molar refractivity (Wildman–Crippen MR) is 117 cm³/mol. The molecule has 1 atom stereocenters. The molecule has 1 unspecified atom stereocenters. The van der Waals surface area contributed by atoms with E-state index in [1.54, 1.807) is 0 Å². The topological polar surface area (TPSA) is 24.9 Å². The highest BCUT2D eigenvalue weighted by atomic mass is 16.6. The van der Waals surface area contributed by atoms with Crippen LogP contribution >= 0.6 is 0 Å². The molecule has 4 nitrogen and oxygen atoms in total. The molecule has 0 amide bonds. The molecule has 2 heterocycles. The fourth-order valence-corrected chi connectivity index (χ4v) is 4.83. The van der Waals surface area contributed by atoms with Crippen LogP contribution in [0.25, 0.3) is 0 Å². The lowest BCUT2D eigenvalue weighted by Crippen LogP contribution is -2.46. The molecule has 0 saturated carbocycles. The quantitative estimate of drug-likeness (QED) is 0.713. The highest BCUT2D eigenvalue weighted by molar-refractivity contribution is 5.65. The Balaban J connectivity index is 1.11. The minimum Gasteiger partial charge on any atom is -0.486 e. The molecular formula is C25H30N2O2. The smallest absolute Gasteiger partial charge is 0.184 e. The number of allylic oxidation sites excluding steroid dienone is 1. The van der Waals surface area contributed by atoms with Crippen LogP contribution in [-0.4, -0.2) is 50.8 Å². The molecule has 0 bridgehead atoms. The van der Waals surface area contributed by atoms with E-state index in [0.29, 0.717) is 19.1 Å². The number of hydrogen-bond donors (Lipinski definition) is 0. The molecule has 0 radical (unpaired) electrons. The van der Waals surface area contributed by atoms with Gasteiger partial charge in [0, 0.05) is 38.6 Å². The summed E-state index contributed by atoms with van der Waals surface area (Å²) < 4.78 is 11.6. The van der Waals surface area contributed by atoms with E-state index in [9.17, 15) is 0 Å². The van der Waals surface area contributed by atoms with Gasteiger partial charge in [0.2, 0.25) is 0 Å². The highest BCUT2D eigenvalue weighted by Crippen LogP contribution is 2.39. The zero-order valence-corrected chi connectivity index (χ0v) is 17.1. The van der Waals surface area contributed by atoms with E-state index < -0.39 is 0 Å². The van der Waals surface area contributed by atoms with Crippen molar-refractivity contribution >= 4 is 5.69 Å². The number of fused-ring (bicyclic) bond motifs is 2. The molecule has 0 N–H and O–H groups in total. The van der Waals surface area contributed by atoms with Gasteiger partial charge in [0.1, 0.15) is 13.2 Å². The molecule has 152 valence electrons. The van der Waals surface area contributed by atoms with E-state index in [1.807, 2.05) is 6.07 Å². The Morgan fingerprint density at radius 1 is 0.931 bits per heavy atom. The van der Waals surface area contributed by atoms with E-state index in [1.165, 1.54) is 29.7 Å². The number of para-hydroxylation sites is 1. The standard InChI is InChI=1S/C25H30N2O2/c1-2-8-22-20(6-1)11-12-21(22)7-3-4-13-26-14-16-27(17-15-26)23-9-5-10-24-25(23)29-19-18-28-24/h1-3,5-10,21H,4,11-19H2/b7-3+. The van der Waals surface area contributed by atoms with Crippen LogP contribution < -0.4 is 14.4 Å². The first-order valence-corrected chi connectivity index (χ1v) is 11.0. The second kappa shape index (κ2) is 8.50. The molecule has 0 aromatic heterocycles. The summed E-state index contributed by atoms with van der Waals surface area (Å²) in [6, 6.07) is 15.1. The van der Waals surface area contributed by atoms with Crippen LogP contribution in [0, 0.1) is 0 Å². The lowest BCUT2D eigenvalue weighted by Gasteiger charge is -2.37. The zero-order valence-electron chi connectivity index (χ0n) is 17.1. The Morgan fingerprint density at radius 3 is 2.72 bits per heavy atom. The third-order valence-electron chi connectivity index (χ3n) is 6.42. The number of piperazine rings is 1. The van der Waals surface area contributed by atoms with E-state index in [4.69, 9.17) is 9.47 Å². The third kappa shape index (κ3) is 3.99. The van der Waals surface area contributed by atoms with E-state index in [0.717, 1.165) is 50.6 Å². The molecule has 2 aromatic rings. The summed E-state index contributed by atoms with van der Waals surface area (Å²) in [5, 5.41) is 0. The number of rotatable bonds is 5. The van der Waals surface area contributed by atoms with Gasteiger partial charge in [-0.2, -0.15) is 0 Å². The molecule has 3 aliphatic rings. The van der Waals surface area contributed by atoms with Crippen LogP contribution in [0.3, 0.4) is 0 Å². The van der Waals surface area contributed by atoms with Gasteiger partial charge in [-0.25, -0.2) is 0 Å². The largest absolute Gasteiger partial charge is 0.486 e. The van der Waals surface area contributed by atoms with Gasteiger partial charge in [-0.1, -0.05) is 42.5 Å². The van der Waals surface area contributed by atoms with Crippen molar-refractivity contribution in [3.05, 3.63) is 65.7 Å². The Labute approximate surface area is 173 Å². The molecule has 4 heteroatoms. The van der Waals surface area contributed by atoms with Gasteiger partial charge >= 0.3 is 0 Å². The molecule has 1 fully saturated rings. The molecule has 1 saturated heterocycles. The summed E-state index contributed by atoms with van der Waals surface area (Å²) in [7, 11) is 0. The highest BCUT2D eigenvalue weighted by Gasteiger charge is 2.23. The summed E-state index contributed by atoms with van der Waals surface area (Å²) in [4.78, 5) is 5.02. The van der Waals surface area contributed by atoms with Gasteiger partial charge in [0.05, 0.1) is 5.69 Å². The molecule has 5 rings (SSSR count). The molecule has 2 aromatic carbocycles. The third-order valence-corrected chi connectivity index (χ3v) is 6.42. The van der Waals surface area contributed by atoms with Crippen molar-refractivity contribution in [2.75, 3.05) is 50.8 Å². The monoisotopic (exact) mass is 390 g/mol. The normalized spacial score (nSPS) is 21.5. The lowest BCUT2D eigenvalue weighted by molar-refractivity contribution is 0.171. The number of aryl methyl sites for hydroxylation is 1. The summed E-state index contributed by atoms with van der Waals surface area (Å²) in [6.45, 7) is 6.71. The number of anilines is 1.